The number of carboxylic acid groups (broad SMARTS) is 1. The lowest BCUT2D eigenvalue weighted by atomic mass is 9.89. The van der Waals surface area contributed by atoms with Crippen LogP contribution in [0, 0.1) is 0 Å². The number of carboxylic acids is 1. The molecular formula is C30H20F3NO4. The molecule has 1 N–H and O–H groups in total. The molecule has 1 heterocycles. The van der Waals surface area contributed by atoms with Crippen molar-refractivity contribution in [3.63, 3.8) is 0 Å². The van der Waals surface area contributed by atoms with Gasteiger partial charge in [-0.05, 0) is 35.4 Å². The number of ether oxygens (including phenoxy) is 1. The van der Waals surface area contributed by atoms with Crippen molar-refractivity contribution in [2.75, 3.05) is 4.90 Å². The number of nitrogens with zero attached hydrogens (tertiary/aromatic N) is 1. The topological polar surface area (TPSA) is 66.8 Å². The number of rotatable bonds is 6. The fourth-order valence-corrected chi connectivity index (χ4v) is 4.59. The number of para-hydroxylation sites is 2. The van der Waals surface area contributed by atoms with Gasteiger partial charge in [0.2, 0.25) is 0 Å². The molecule has 5 rings (SSSR count). The molecule has 8 heteroatoms. The summed E-state index contributed by atoms with van der Waals surface area (Å²) >= 11 is 0. The first-order valence-corrected chi connectivity index (χ1v) is 11.6. The van der Waals surface area contributed by atoms with Crippen molar-refractivity contribution in [1.82, 2.24) is 0 Å². The van der Waals surface area contributed by atoms with Crippen LogP contribution in [-0.4, -0.2) is 23.3 Å². The largest absolute Gasteiger partial charge is 0.573 e. The van der Waals surface area contributed by atoms with Gasteiger partial charge in [0.05, 0.1) is 23.4 Å². The van der Waals surface area contributed by atoms with Crippen molar-refractivity contribution in [2.45, 2.75) is 12.9 Å². The highest BCUT2D eigenvalue weighted by atomic mass is 19.4. The molecule has 5 nitrogen and oxygen atoms in total. The van der Waals surface area contributed by atoms with E-state index in [0.717, 1.165) is 0 Å². The van der Waals surface area contributed by atoms with Crippen molar-refractivity contribution in [1.29, 1.82) is 0 Å². The number of aromatic carboxylic acids is 1. The average Bonchev–Trinajstić information content (AvgIpc) is 3.16. The molecule has 0 atom stereocenters. The molecule has 38 heavy (non-hydrogen) atoms. The molecule has 0 unspecified atom stereocenters. The maximum atomic E-state index is 14.1. The van der Waals surface area contributed by atoms with Crippen LogP contribution in [0.1, 0.15) is 32.6 Å². The van der Waals surface area contributed by atoms with Gasteiger partial charge in [0.15, 0.2) is 0 Å². The fourth-order valence-electron chi connectivity index (χ4n) is 4.59. The Hall–Kier alpha value is -4.85. The summed E-state index contributed by atoms with van der Waals surface area (Å²) in [5, 5.41) is 9.37. The van der Waals surface area contributed by atoms with E-state index in [4.69, 9.17) is 0 Å². The van der Waals surface area contributed by atoms with Gasteiger partial charge in [0.1, 0.15) is 5.75 Å². The minimum atomic E-state index is -4.93. The summed E-state index contributed by atoms with van der Waals surface area (Å²) in [7, 11) is 0. The Kier molecular flexibility index (Phi) is 6.46. The molecule has 190 valence electrons. The molecule has 0 spiro atoms. The van der Waals surface area contributed by atoms with Crippen LogP contribution in [0.15, 0.2) is 103 Å². The molecule has 0 radical (unpaired) electrons. The van der Waals surface area contributed by atoms with Gasteiger partial charge < -0.3 is 14.7 Å². The summed E-state index contributed by atoms with van der Waals surface area (Å²) in [5.74, 6) is -1.94. The van der Waals surface area contributed by atoms with E-state index >= 15 is 0 Å². The number of fused-ring (bicyclic) bond motifs is 1. The molecule has 0 fully saturated rings. The summed E-state index contributed by atoms with van der Waals surface area (Å²) in [6.45, 7) is 0.0727. The van der Waals surface area contributed by atoms with Gasteiger partial charge in [-0.3, -0.25) is 4.79 Å². The van der Waals surface area contributed by atoms with Crippen molar-refractivity contribution >= 4 is 28.7 Å². The number of carbonyl (C=O) groups is 2. The molecule has 0 bridgehead atoms. The highest BCUT2D eigenvalue weighted by Gasteiger charge is 2.37. The quantitative estimate of drug-likeness (QED) is 0.287. The first-order valence-electron chi connectivity index (χ1n) is 11.6. The summed E-state index contributed by atoms with van der Waals surface area (Å²) in [5.41, 5.74) is 2.97. The summed E-state index contributed by atoms with van der Waals surface area (Å²) < 4.78 is 44.3. The SMILES string of the molecule is O=C(O)c1cccc(CN2C(=O)C(=C(c3ccccc3)c3ccccc3OC(F)(F)F)c3ccccc32)c1. The van der Waals surface area contributed by atoms with Gasteiger partial charge in [-0.2, -0.15) is 0 Å². The van der Waals surface area contributed by atoms with Crippen LogP contribution in [-0.2, 0) is 11.3 Å². The van der Waals surface area contributed by atoms with Crippen LogP contribution in [0.5, 0.6) is 5.75 Å². The van der Waals surface area contributed by atoms with Crippen LogP contribution in [0.4, 0.5) is 18.9 Å². The minimum Gasteiger partial charge on any atom is -0.478 e. The second-order valence-corrected chi connectivity index (χ2v) is 8.57. The van der Waals surface area contributed by atoms with E-state index in [-0.39, 0.29) is 23.2 Å². The zero-order chi connectivity index (χ0) is 26.9. The number of amides is 1. The van der Waals surface area contributed by atoms with Crippen molar-refractivity contribution < 1.29 is 32.6 Å². The number of hydrogen-bond acceptors (Lipinski definition) is 3. The van der Waals surface area contributed by atoms with Gasteiger partial charge in [-0.25, -0.2) is 4.79 Å². The molecular weight excluding hydrogens is 495 g/mol. The highest BCUT2D eigenvalue weighted by molar-refractivity contribution is 6.39. The lowest BCUT2D eigenvalue weighted by Crippen LogP contribution is -2.26. The molecule has 4 aromatic rings. The Morgan fingerprint density at radius 2 is 1.47 bits per heavy atom. The van der Waals surface area contributed by atoms with Gasteiger partial charge in [-0.1, -0.05) is 78.9 Å². The lowest BCUT2D eigenvalue weighted by molar-refractivity contribution is -0.274. The molecule has 0 aromatic heterocycles. The third-order valence-corrected chi connectivity index (χ3v) is 6.13. The zero-order valence-electron chi connectivity index (χ0n) is 19.8. The molecule has 1 aliphatic heterocycles. The zero-order valence-corrected chi connectivity index (χ0v) is 19.8. The summed E-state index contributed by atoms with van der Waals surface area (Å²) in [6.07, 6.45) is -4.93. The Bertz CT molecular complexity index is 1560. The van der Waals surface area contributed by atoms with Crippen LogP contribution >= 0.6 is 0 Å². The van der Waals surface area contributed by atoms with E-state index in [1.807, 2.05) is 0 Å². The minimum absolute atomic E-state index is 0.0727. The number of alkyl halides is 3. The molecule has 0 saturated heterocycles. The van der Waals surface area contributed by atoms with E-state index < -0.39 is 24.0 Å². The number of hydrogen-bond donors (Lipinski definition) is 1. The monoisotopic (exact) mass is 515 g/mol. The first-order chi connectivity index (χ1) is 18.2. The Morgan fingerprint density at radius 1 is 0.816 bits per heavy atom. The van der Waals surface area contributed by atoms with Crippen molar-refractivity contribution in [2.24, 2.45) is 0 Å². The van der Waals surface area contributed by atoms with E-state index in [9.17, 15) is 27.9 Å². The first kappa shape index (κ1) is 24.8. The van der Waals surface area contributed by atoms with Crippen LogP contribution in [0.25, 0.3) is 11.1 Å². The van der Waals surface area contributed by atoms with Gasteiger partial charge in [0.25, 0.3) is 5.91 Å². The third kappa shape index (κ3) is 4.88. The van der Waals surface area contributed by atoms with E-state index in [1.54, 1.807) is 72.8 Å². The lowest BCUT2D eigenvalue weighted by Gasteiger charge is -2.19. The predicted octanol–water partition coefficient (Wildman–Crippen LogP) is 6.79. The Balaban J connectivity index is 1.72. The van der Waals surface area contributed by atoms with Crippen LogP contribution in [0.3, 0.4) is 0 Å². The van der Waals surface area contributed by atoms with E-state index in [0.29, 0.717) is 28.0 Å². The maximum Gasteiger partial charge on any atom is 0.573 e. The normalized spacial score (nSPS) is 14.3. The second kappa shape index (κ2) is 9.89. The second-order valence-electron chi connectivity index (χ2n) is 8.57. The molecule has 0 aliphatic carbocycles. The number of anilines is 1. The highest BCUT2D eigenvalue weighted by Crippen LogP contribution is 2.45. The van der Waals surface area contributed by atoms with E-state index in [2.05, 4.69) is 4.74 Å². The fraction of sp³-hybridized carbons (Fsp3) is 0.0667. The van der Waals surface area contributed by atoms with Gasteiger partial charge in [0, 0.05) is 16.7 Å². The maximum absolute atomic E-state index is 14.1. The molecule has 1 amide bonds. The van der Waals surface area contributed by atoms with Crippen molar-refractivity contribution in [3.05, 3.63) is 131 Å². The third-order valence-electron chi connectivity index (χ3n) is 6.13. The molecule has 0 saturated carbocycles. The van der Waals surface area contributed by atoms with Crippen LogP contribution < -0.4 is 9.64 Å². The van der Waals surface area contributed by atoms with E-state index in [1.165, 1.54) is 35.2 Å². The number of halogens is 3. The van der Waals surface area contributed by atoms with Crippen molar-refractivity contribution in [3.8, 4) is 5.75 Å². The predicted molar refractivity (Wildman–Crippen MR) is 137 cm³/mol. The van der Waals surface area contributed by atoms with Gasteiger partial charge in [-0.15, -0.1) is 13.2 Å². The molecule has 4 aromatic carbocycles. The van der Waals surface area contributed by atoms with Crippen LogP contribution in [0.2, 0.25) is 0 Å². The van der Waals surface area contributed by atoms with Gasteiger partial charge >= 0.3 is 12.3 Å². The average molecular weight is 515 g/mol. The Labute approximate surface area is 216 Å². The smallest absolute Gasteiger partial charge is 0.478 e. The Morgan fingerprint density at radius 3 is 2.21 bits per heavy atom. The molecule has 1 aliphatic rings. The summed E-state index contributed by atoms with van der Waals surface area (Å²) in [6, 6.07) is 27.7. The standard InChI is InChI=1S/C30H20F3NO4/c31-30(32,33)38-25-16-7-5-14-23(25)26(20-10-2-1-3-11-20)27-22-13-4-6-15-24(22)34(28(27)35)18-19-9-8-12-21(17-19)29(36)37/h1-17H,18H2,(H,36,37). The summed E-state index contributed by atoms with van der Waals surface area (Å²) in [4.78, 5) is 27.0. The number of carbonyl (C=O) groups excluding carboxylic acids is 1. The number of benzene rings is 4.